The van der Waals surface area contributed by atoms with Crippen LogP contribution >= 0.6 is 15.9 Å². The summed E-state index contributed by atoms with van der Waals surface area (Å²) in [5.74, 6) is 0.156. The standard InChI is InChI=1S/C12H13BrO4/c1-6-4-9-11(17-5-16-9)10(13)8(6)3-7(2)12(14)15/h4,7H,3,5H2,1-2H3,(H,14,15). The number of rotatable bonds is 3. The first-order valence-corrected chi connectivity index (χ1v) is 6.10. The third-order valence-corrected chi connectivity index (χ3v) is 3.70. The molecule has 5 heteroatoms. The maximum Gasteiger partial charge on any atom is 0.306 e. The Kier molecular flexibility index (Phi) is 3.28. The van der Waals surface area contributed by atoms with Gasteiger partial charge in [0.05, 0.1) is 10.4 Å². The van der Waals surface area contributed by atoms with Crippen molar-refractivity contribution in [1.29, 1.82) is 0 Å². The SMILES string of the molecule is Cc1cc2c(c(Br)c1CC(C)C(=O)O)OCO2. The lowest BCUT2D eigenvalue weighted by atomic mass is 9.97. The Balaban J connectivity index is 2.38. The molecule has 2 rings (SSSR count). The van der Waals surface area contributed by atoms with E-state index in [1.54, 1.807) is 6.92 Å². The first kappa shape index (κ1) is 12.2. The maximum atomic E-state index is 10.9. The zero-order chi connectivity index (χ0) is 12.6. The van der Waals surface area contributed by atoms with Crippen LogP contribution in [0.4, 0.5) is 0 Å². The van der Waals surface area contributed by atoms with Crippen LogP contribution in [-0.4, -0.2) is 17.9 Å². The molecule has 1 heterocycles. The summed E-state index contributed by atoms with van der Waals surface area (Å²) in [4.78, 5) is 10.9. The average molecular weight is 301 g/mol. The molecule has 4 nitrogen and oxygen atoms in total. The molecular weight excluding hydrogens is 288 g/mol. The predicted octanol–water partition coefficient (Wildman–Crippen LogP) is 2.75. The highest BCUT2D eigenvalue weighted by molar-refractivity contribution is 9.10. The Morgan fingerprint density at radius 1 is 1.59 bits per heavy atom. The monoisotopic (exact) mass is 300 g/mol. The minimum atomic E-state index is -0.797. The minimum absolute atomic E-state index is 0.214. The van der Waals surface area contributed by atoms with Gasteiger partial charge in [0.15, 0.2) is 11.5 Å². The number of hydrogen-bond acceptors (Lipinski definition) is 3. The van der Waals surface area contributed by atoms with Crippen molar-refractivity contribution in [3.63, 3.8) is 0 Å². The van der Waals surface area contributed by atoms with E-state index in [1.165, 1.54) is 0 Å². The molecule has 0 aliphatic carbocycles. The van der Waals surface area contributed by atoms with Crippen molar-refractivity contribution in [3.8, 4) is 11.5 Å². The number of carboxylic acid groups (broad SMARTS) is 1. The number of carboxylic acids is 1. The summed E-state index contributed by atoms with van der Waals surface area (Å²) in [5, 5.41) is 8.95. The summed E-state index contributed by atoms with van der Waals surface area (Å²) in [6.07, 6.45) is 0.471. The van der Waals surface area contributed by atoms with Crippen LogP contribution < -0.4 is 9.47 Å². The van der Waals surface area contributed by atoms with Gasteiger partial charge in [-0.25, -0.2) is 0 Å². The summed E-state index contributed by atoms with van der Waals surface area (Å²) < 4.78 is 11.5. The Bertz CT molecular complexity index is 470. The molecule has 1 aliphatic rings. The molecule has 92 valence electrons. The summed E-state index contributed by atoms with van der Waals surface area (Å²) >= 11 is 3.46. The second-order valence-corrected chi connectivity index (χ2v) is 4.96. The topological polar surface area (TPSA) is 55.8 Å². The van der Waals surface area contributed by atoms with E-state index >= 15 is 0 Å². The van der Waals surface area contributed by atoms with Gasteiger partial charge >= 0.3 is 5.97 Å². The number of ether oxygens (including phenoxy) is 2. The molecule has 0 spiro atoms. The highest BCUT2D eigenvalue weighted by Crippen LogP contribution is 2.43. The van der Waals surface area contributed by atoms with Gasteiger partial charge in [-0.1, -0.05) is 6.92 Å². The predicted molar refractivity (Wildman–Crippen MR) is 65.5 cm³/mol. The second-order valence-electron chi connectivity index (χ2n) is 4.16. The van der Waals surface area contributed by atoms with Crippen LogP contribution in [0.5, 0.6) is 11.5 Å². The highest BCUT2D eigenvalue weighted by atomic mass is 79.9. The second kappa shape index (κ2) is 4.56. The van der Waals surface area contributed by atoms with Gasteiger partial charge in [-0.05, 0) is 46.5 Å². The van der Waals surface area contributed by atoms with Crippen LogP contribution in [-0.2, 0) is 11.2 Å². The molecule has 0 radical (unpaired) electrons. The van der Waals surface area contributed by atoms with E-state index in [-0.39, 0.29) is 6.79 Å². The van der Waals surface area contributed by atoms with E-state index in [1.807, 2.05) is 13.0 Å². The van der Waals surface area contributed by atoms with Gasteiger partial charge in [0.25, 0.3) is 0 Å². The molecule has 0 bridgehead atoms. The fraction of sp³-hybridized carbons (Fsp3) is 0.417. The molecule has 1 unspecified atom stereocenters. The van der Waals surface area contributed by atoms with Crippen molar-refractivity contribution < 1.29 is 19.4 Å². The number of fused-ring (bicyclic) bond motifs is 1. The highest BCUT2D eigenvalue weighted by Gasteiger charge is 2.23. The normalized spacial score (nSPS) is 14.8. The van der Waals surface area contributed by atoms with E-state index in [2.05, 4.69) is 15.9 Å². The summed E-state index contributed by atoms with van der Waals surface area (Å²) in [6, 6.07) is 1.89. The van der Waals surface area contributed by atoms with E-state index in [0.717, 1.165) is 15.6 Å². The van der Waals surface area contributed by atoms with Crippen LogP contribution in [0.15, 0.2) is 10.5 Å². The number of carbonyl (C=O) groups is 1. The fourth-order valence-corrected chi connectivity index (χ4v) is 2.59. The quantitative estimate of drug-likeness (QED) is 0.932. The van der Waals surface area contributed by atoms with Gasteiger partial charge in [0.1, 0.15) is 0 Å². The molecule has 0 saturated carbocycles. The molecule has 1 aliphatic heterocycles. The lowest BCUT2D eigenvalue weighted by Gasteiger charge is -2.13. The van der Waals surface area contributed by atoms with Gasteiger partial charge in [-0.2, -0.15) is 0 Å². The first-order chi connectivity index (χ1) is 8.00. The lowest BCUT2D eigenvalue weighted by molar-refractivity contribution is -0.141. The van der Waals surface area contributed by atoms with Crippen LogP contribution in [0, 0.1) is 12.8 Å². The fourth-order valence-electron chi connectivity index (χ4n) is 1.81. The molecule has 1 atom stereocenters. The average Bonchev–Trinajstić information content (AvgIpc) is 2.71. The van der Waals surface area contributed by atoms with Crippen molar-refractivity contribution in [2.24, 2.45) is 5.92 Å². The maximum absolute atomic E-state index is 10.9. The number of aryl methyl sites for hydroxylation is 1. The van der Waals surface area contributed by atoms with Crippen LogP contribution in [0.25, 0.3) is 0 Å². The zero-order valence-electron chi connectivity index (χ0n) is 9.62. The van der Waals surface area contributed by atoms with E-state index in [0.29, 0.717) is 17.9 Å². The van der Waals surface area contributed by atoms with Crippen LogP contribution in [0.3, 0.4) is 0 Å². The van der Waals surface area contributed by atoms with Crippen molar-refractivity contribution >= 4 is 21.9 Å². The molecule has 0 amide bonds. The third kappa shape index (κ3) is 2.24. The third-order valence-electron chi connectivity index (χ3n) is 2.86. The molecule has 0 fully saturated rings. The minimum Gasteiger partial charge on any atom is -0.481 e. The Morgan fingerprint density at radius 3 is 2.94 bits per heavy atom. The van der Waals surface area contributed by atoms with Gasteiger partial charge in [-0.3, -0.25) is 4.79 Å². The largest absolute Gasteiger partial charge is 0.481 e. The number of halogens is 1. The molecular formula is C12H13BrO4. The van der Waals surface area contributed by atoms with Gasteiger partial charge in [-0.15, -0.1) is 0 Å². The molecule has 0 saturated heterocycles. The first-order valence-electron chi connectivity index (χ1n) is 5.31. The molecule has 1 aromatic rings. The number of aliphatic carboxylic acids is 1. The van der Waals surface area contributed by atoms with E-state index in [9.17, 15) is 4.79 Å². The van der Waals surface area contributed by atoms with Crippen LogP contribution in [0.1, 0.15) is 18.1 Å². The van der Waals surface area contributed by atoms with Gasteiger partial charge in [0, 0.05) is 0 Å². The number of hydrogen-bond donors (Lipinski definition) is 1. The Labute approximate surface area is 108 Å². The van der Waals surface area contributed by atoms with Gasteiger partial charge < -0.3 is 14.6 Å². The summed E-state index contributed by atoms with van der Waals surface area (Å²) in [6.45, 7) is 3.85. The molecule has 1 N–H and O–H groups in total. The molecule has 0 aromatic heterocycles. The Hall–Kier alpha value is -1.23. The van der Waals surface area contributed by atoms with Crippen molar-refractivity contribution in [1.82, 2.24) is 0 Å². The van der Waals surface area contributed by atoms with Crippen molar-refractivity contribution in [2.75, 3.05) is 6.79 Å². The Morgan fingerprint density at radius 2 is 2.29 bits per heavy atom. The summed E-state index contributed by atoms with van der Waals surface area (Å²) in [7, 11) is 0. The van der Waals surface area contributed by atoms with E-state index in [4.69, 9.17) is 14.6 Å². The van der Waals surface area contributed by atoms with E-state index < -0.39 is 11.9 Å². The molecule has 1 aromatic carbocycles. The zero-order valence-corrected chi connectivity index (χ0v) is 11.2. The van der Waals surface area contributed by atoms with Crippen molar-refractivity contribution in [2.45, 2.75) is 20.3 Å². The number of benzene rings is 1. The van der Waals surface area contributed by atoms with Crippen LogP contribution in [0.2, 0.25) is 0 Å². The molecule has 17 heavy (non-hydrogen) atoms. The summed E-state index contributed by atoms with van der Waals surface area (Å²) in [5.41, 5.74) is 1.97. The van der Waals surface area contributed by atoms with Crippen molar-refractivity contribution in [3.05, 3.63) is 21.7 Å². The van der Waals surface area contributed by atoms with Gasteiger partial charge in [0.2, 0.25) is 6.79 Å². The smallest absolute Gasteiger partial charge is 0.306 e. The lowest BCUT2D eigenvalue weighted by Crippen LogP contribution is -2.13.